The largest absolute Gasteiger partial charge is 0.390 e. The van der Waals surface area contributed by atoms with Crippen molar-refractivity contribution in [1.29, 1.82) is 0 Å². The van der Waals surface area contributed by atoms with Gasteiger partial charge in [0.25, 0.3) is 0 Å². The molecule has 0 amide bonds. The van der Waals surface area contributed by atoms with Crippen molar-refractivity contribution in [3.63, 3.8) is 0 Å². The number of hydrogen-bond acceptors (Lipinski definition) is 3. The van der Waals surface area contributed by atoms with E-state index in [1.165, 1.54) is 0 Å². The van der Waals surface area contributed by atoms with Crippen LogP contribution in [-0.4, -0.2) is 35.6 Å². The Kier molecular flexibility index (Phi) is 3.09. The molecule has 0 aromatic carbocycles. The van der Waals surface area contributed by atoms with Crippen molar-refractivity contribution >= 4 is 0 Å². The molecule has 1 rings (SSSR count). The summed E-state index contributed by atoms with van der Waals surface area (Å²) in [4.78, 5) is 0. The van der Waals surface area contributed by atoms with Gasteiger partial charge in [-0.1, -0.05) is 13.8 Å². The van der Waals surface area contributed by atoms with Gasteiger partial charge in [0.2, 0.25) is 0 Å². The van der Waals surface area contributed by atoms with E-state index < -0.39 is 12.2 Å². The first-order chi connectivity index (χ1) is 5.57. The zero-order valence-electron chi connectivity index (χ0n) is 7.90. The highest BCUT2D eigenvalue weighted by molar-refractivity contribution is 4.92. The minimum Gasteiger partial charge on any atom is -0.390 e. The molecule has 72 valence electrons. The van der Waals surface area contributed by atoms with E-state index in [0.29, 0.717) is 5.92 Å². The molecule has 1 aliphatic rings. The number of aliphatic hydroxyl groups excluding tert-OH is 2. The summed E-state index contributed by atoms with van der Waals surface area (Å²) in [6, 6.07) is 0. The van der Waals surface area contributed by atoms with Crippen LogP contribution in [0.25, 0.3) is 0 Å². The van der Waals surface area contributed by atoms with Crippen LogP contribution in [0, 0.1) is 11.8 Å². The van der Waals surface area contributed by atoms with E-state index in [9.17, 15) is 10.2 Å². The zero-order valence-corrected chi connectivity index (χ0v) is 7.90. The van der Waals surface area contributed by atoms with Crippen LogP contribution in [0.5, 0.6) is 0 Å². The van der Waals surface area contributed by atoms with Gasteiger partial charge in [-0.25, -0.2) is 0 Å². The van der Waals surface area contributed by atoms with E-state index in [-0.39, 0.29) is 12.0 Å². The van der Waals surface area contributed by atoms with Crippen LogP contribution in [0.15, 0.2) is 0 Å². The number of hydrogen-bond donors (Lipinski definition) is 2. The first-order valence-corrected chi connectivity index (χ1v) is 4.46. The van der Waals surface area contributed by atoms with Crippen molar-refractivity contribution < 1.29 is 14.9 Å². The molecule has 0 bridgehead atoms. The molecule has 0 aliphatic heterocycles. The molecule has 2 N–H and O–H groups in total. The highest BCUT2D eigenvalue weighted by atomic mass is 16.5. The Labute approximate surface area is 73.4 Å². The van der Waals surface area contributed by atoms with Gasteiger partial charge in [-0.2, -0.15) is 0 Å². The van der Waals surface area contributed by atoms with E-state index >= 15 is 0 Å². The smallest absolute Gasteiger partial charge is 0.106 e. The van der Waals surface area contributed by atoms with Crippen molar-refractivity contribution in [2.75, 3.05) is 7.11 Å². The van der Waals surface area contributed by atoms with Crippen molar-refractivity contribution in [2.45, 2.75) is 38.6 Å². The van der Waals surface area contributed by atoms with Gasteiger partial charge in [0, 0.05) is 7.11 Å². The standard InChI is InChI=1S/C9H18O3/c1-5(2)6-4-7(12-3)9(11)8(6)10/h5-11H,4H2,1-3H3/t6-,7-,8-,9+/m0/s1. The summed E-state index contributed by atoms with van der Waals surface area (Å²) >= 11 is 0. The number of rotatable bonds is 2. The third-order valence-electron chi connectivity index (χ3n) is 2.83. The van der Waals surface area contributed by atoms with Gasteiger partial charge >= 0.3 is 0 Å². The molecule has 0 aromatic heterocycles. The second-order valence-corrected chi connectivity index (χ2v) is 3.90. The van der Waals surface area contributed by atoms with Gasteiger partial charge in [-0.3, -0.25) is 0 Å². The fourth-order valence-electron chi connectivity index (χ4n) is 1.92. The Bertz CT molecular complexity index is 147. The molecular formula is C9H18O3. The Morgan fingerprint density at radius 2 is 1.83 bits per heavy atom. The molecule has 4 atom stereocenters. The summed E-state index contributed by atoms with van der Waals surface area (Å²) in [5.41, 5.74) is 0. The van der Waals surface area contributed by atoms with Gasteiger partial charge in [0.1, 0.15) is 6.10 Å². The summed E-state index contributed by atoms with van der Waals surface area (Å²) in [6.45, 7) is 4.11. The Morgan fingerprint density at radius 3 is 2.08 bits per heavy atom. The second kappa shape index (κ2) is 3.73. The Hall–Kier alpha value is -0.120. The summed E-state index contributed by atoms with van der Waals surface area (Å²) in [5, 5.41) is 19.1. The van der Waals surface area contributed by atoms with Crippen molar-refractivity contribution in [2.24, 2.45) is 11.8 Å². The molecule has 3 nitrogen and oxygen atoms in total. The summed E-state index contributed by atoms with van der Waals surface area (Å²) < 4.78 is 5.06. The van der Waals surface area contributed by atoms with E-state index in [0.717, 1.165) is 6.42 Å². The van der Waals surface area contributed by atoms with Gasteiger partial charge in [-0.05, 0) is 18.3 Å². The Balaban J connectivity index is 2.60. The first-order valence-electron chi connectivity index (χ1n) is 4.46. The van der Waals surface area contributed by atoms with Crippen molar-refractivity contribution in [3.05, 3.63) is 0 Å². The highest BCUT2D eigenvalue weighted by Crippen LogP contribution is 2.33. The number of ether oxygens (including phenoxy) is 1. The predicted octanol–water partition coefficient (Wildman–Crippen LogP) is 0.399. The normalized spacial score (nSPS) is 42.5. The predicted molar refractivity (Wildman–Crippen MR) is 45.8 cm³/mol. The van der Waals surface area contributed by atoms with Crippen LogP contribution in [0.3, 0.4) is 0 Å². The Morgan fingerprint density at radius 1 is 1.25 bits per heavy atom. The lowest BCUT2D eigenvalue weighted by molar-refractivity contribution is -0.0437. The van der Waals surface area contributed by atoms with E-state index in [4.69, 9.17) is 4.74 Å². The molecule has 0 radical (unpaired) electrons. The summed E-state index contributed by atoms with van der Waals surface area (Å²) in [7, 11) is 1.57. The zero-order chi connectivity index (χ0) is 9.30. The van der Waals surface area contributed by atoms with E-state index in [1.807, 2.05) is 0 Å². The van der Waals surface area contributed by atoms with Gasteiger partial charge in [-0.15, -0.1) is 0 Å². The molecule has 0 aromatic rings. The number of methoxy groups -OCH3 is 1. The second-order valence-electron chi connectivity index (χ2n) is 3.90. The van der Waals surface area contributed by atoms with E-state index in [2.05, 4.69) is 13.8 Å². The van der Waals surface area contributed by atoms with Crippen LogP contribution in [-0.2, 0) is 4.74 Å². The van der Waals surface area contributed by atoms with Gasteiger partial charge < -0.3 is 14.9 Å². The molecule has 1 saturated carbocycles. The maximum Gasteiger partial charge on any atom is 0.106 e. The molecule has 12 heavy (non-hydrogen) atoms. The third-order valence-corrected chi connectivity index (χ3v) is 2.83. The molecule has 0 saturated heterocycles. The average Bonchev–Trinajstić information content (AvgIpc) is 2.30. The minimum absolute atomic E-state index is 0.171. The third kappa shape index (κ3) is 1.63. The summed E-state index contributed by atoms with van der Waals surface area (Å²) in [5.74, 6) is 0.569. The lowest BCUT2D eigenvalue weighted by atomic mass is 9.92. The van der Waals surface area contributed by atoms with Crippen LogP contribution in [0.4, 0.5) is 0 Å². The maximum absolute atomic E-state index is 9.60. The van der Waals surface area contributed by atoms with Crippen LogP contribution in [0.2, 0.25) is 0 Å². The van der Waals surface area contributed by atoms with Crippen molar-refractivity contribution in [1.82, 2.24) is 0 Å². The number of aliphatic hydroxyl groups is 2. The molecule has 1 aliphatic carbocycles. The maximum atomic E-state index is 9.60. The minimum atomic E-state index is -0.706. The molecule has 0 spiro atoms. The fourth-order valence-corrected chi connectivity index (χ4v) is 1.92. The quantitative estimate of drug-likeness (QED) is 0.637. The molecule has 1 fully saturated rings. The first kappa shape index (κ1) is 9.96. The lowest BCUT2D eigenvalue weighted by Crippen LogP contribution is -2.32. The highest BCUT2D eigenvalue weighted by Gasteiger charge is 2.42. The van der Waals surface area contributed by atoms with Crippen LogP contribution >= 0.6 is 0 Å². The molecular weight excluding hydrogens is 156 g/mol. The molecule has 0 heterocycles. The monoisotopic (exact) mass is 174 g/mol. The van der Waals surface area contributed by atoms with Crippen LogP contribution < -0.4 is 0 Å². The SMILES string of the molecule is CO[C@H]1C[C@@H](C(C)C)[C@H](O)[C@@H]1O. The van der Waals surface area contributed by atoms with Crippen molar-refractivity contribution in [3.8, 4) is 0 Å². The average molecular weight is 174 g/mol. The molecule has 3 heteroatoms. The fraction of sp³-hybridized carbons (Fsp3) is 1.00. The molecule has 0 unspecified atom stereocenters. The van der Waals surface area contributed by atoms with Crippen LogP contribution in [0.1, 0.15) is 20.3 Å². The van der Waals surface area contributed by atoms with E-state index in [1.54, 1.807) is 7.11 Å². The lowest BCUT2D eigenvalue weighted by Gasteiger charge is -2.19. The topological polar surface area (TPSA) is 49.7 Å². The van der Waals surface area contributed by atoms with Gasteiger partial charge in [0.05, 0.1) is 12.2 Å². The summed E-state index contributed by atoms with van der Waals surface area (Å²) in [6.07, 6.45) is -0.749. The van der Waals surface area contributed by atoms with Gasteiger partial charge in [0.15, 0.2) is 0 Å².